The summed E-state index contributed by atoms with van der Waals surface area (Å²) in [6.45, 7) is 2.44. The lowest BCUT2D eigenvalue weighted by molar-refractivity contribution is 0.0301. The first kappa shape index (κ1) is 17.6. The zero-order valence-electron chi connectivity index (χ0n) is 15.8. The molecule has 5 nitrogen and oxygen atoms in total. The van der Waals surface area contributed by atoms with Gasteiger partial charge in [0.05, 0.1) is 18.8 Å². The normalized spacial score (nSPS) is 23.4. The van der Waals surface area contributed by atoms with Crippen molar-refractivity contribution >= 4 is 17.4 Å². The number of halogens is 1. The van der Waals surface area contributed by atoms with E-state index in [0.29, 0.717) is 43.8 Å². The zero-order chi connectivity index (χ0) is 19.1. The number of amides is 1. The van der Waals surface area contributed by atoms with Crippen molar-refractivity contribution in [2.45, 2.75) is 37.5 Å². The van der Waals surface area contributed by atoms with Gasteiger partial charge in [0.25, 0.3) is 5.91 Å². The van der Waals surface area contributed by atoms with Gasteiger partial charge in [-0.15, -0.1) is 0 Å². The summed E-state index contributed by atoms with van der Waals surface area (Å²) >= 11 is 0. The third kappa shape index (κ3) is 3.05. The largest absolute Gasteiger partial charge is 0.378 e. The Morgan fingerprint density at radius 3 is 2.54 bits per heavy atom. The van der Waals surface area contributed by atoms with E-state index in [1.54, 1.807) is 12.3 Å². The summed E-state index contributed by atoms with van der Waals surface area (Å²) in [5.41, 5.74) is 3.78. The van der Waals surface area contributed by atoms with E-state index < -0.39 is 0 Å². The number of nitrogens with zero attached hydrogens (tertiary/aromatic N) is 2. The second kappa shape index (κ2) is 7.17. The fraction of sp³-hybridized carbons (Fsp3) is 0.455. The van der Waals surface area contributed by atoms with Crippen LogP contribution in [0.1, 0.15) is 59.0 Å². The lowest BCUT2D eigenvalue weighted by Gasteiger charge is -2.40. The fourth-order valence-corrected chi connectivity index (χ4v) is 4.97. The third-order valence-electron chi connectivity index (χ3n) is 6.32. The van der Waals surface area contributed by atoms with Crippen LogP contribution in [0, 0.1) is 5.82 Å². The number of morpholine rings is 1. The monoisotopic (exact) mass is 381 g/mol. The molecule has 1 aromatic heterocycles. The summed E-state index contributed by atoms with van der Waals surface area (Å²) in [5, 5.41) is 3.31. The summed E-state index contributed by atoms with van der Waals surface area (Å²) in [5.74, 6) is 1.39. The number of fused-ring (bicyclic) bond motifs is 2. The number of aromatic nitrogens is 1. The van der Waals surface area contributed by atoms with Crippen LogP contribution in [0.4, 0.5) is 15.9 Å². The summed E-state index contributed by atoms with van der Waals surface area (Å²) in [7, 11) is 0. The molecule has 146 valence electrons. The molecule has 1 N–H and O–H groups in total. The molecule has 2 aromatic rings. The standard InChI is InChI=1S/C22H24FN3O2/c23-16-2-1-3-17(12-16)25-21-20-15-6-4-14(5-7-15)19(20)18(13-24-21)22(27)26-8-10-28-11-9-26/h1-3,12-15H,4-11H2,(H,24,25). The summed E-state index contributed by atoms with van der Waals surface area (Å²) in [6, 6.07) is 6.43. The quantitative estimate of drug-likeness (QED) is 0.866. The van der Waals surface area contributed by atoms with Gasteiger partial charge in [-0.2, -0.15) is 0 Å². The maximum Gasteiger partial charge on any atom is 0.255 e. The van der Waals surface area contributed by atoms with Crippen molar-refractivity contribution in [3.05, 3.63) is 53.0 Å². The lowest BCUT2D eigenvalue weighted by Crippen LogP contribution is -2.41. The van der Waals surface area contributed by atoms with Crippen molar-refractivity contribution in [2.75, 3.05) is 31.6 Å². The SMILES string of the molecule is O=C(c1cnc(Nc2cccc(F)c2)c2c1C1CCC2CC1)N1CCOCC1. The molecule has 2 fully saturated rings. The van der Waals surface area contributed by atoms with Gasteiger partial charge in [-0.05, 0) is 61.3 Å². The molecule has 28 heavy (non-hydrogen) atoms. The highest BCUT2D eigenvalue weighted by atomic mass is 19.1. The molecule has 1 aromatic carbocycles. The van der Waals surface area contributed by atoms with Crippen LogP contribution in [0.3, 0.4) is 0 Å². The summed E-state index contributed by atoms with van der Waals surface area (Å²) in [4.78, 5) is 19.7. The predicted octanol–water partition coefficient (Wildman–Crippen LogP) is 4.19. The Hall–Kier alpha value is -2.47. The van der Waals surface area contributed by atoms with E-state index in [2.05, 4.69) is 10.3 Å². The van der Waals surface area contributed by atoms with Crippen LogP contribution in [0.25, 0.3) is 0 Å². The number of carbonyl (C=O) groups is 1. The molecule has 3 aliphatic carbocycles. The van der Waals surface area contributed by atoms with Gasteiger partial charge in [-0.25, -0.2) is 9.37 Å². The van der Waals surface area contributed by atoms with Gasteiger partial charge >= 0.3 is 0 Å². The number of carbonyl (C=O) groups excluding carboxylic acids is 1. The van der Waals surface area contributed by atoms with E-state index in [-0.39, 0.29) is 11.7 Å². The molecule has 0 atom stereocenters. The molecule has 0 unspecified atom stereocenters. The first-order valence-electron chi connectivity index (χ1n) is 10.1. The zero-order valence-corrected chi connectivity index (χ0v) is 15.8. The molecule has 1 saturated heterocycles. The van der Waals surface area contributed by atoms with E-state index in [1.807, 2.05) is 11.0 Å². The smallest absolute Gasteiger partial charge is 0.255 e. The van der Waals surface area contributed by atoms with Crippen LogP contribution >= 0.6 is 0 Å². The highest BCUT2D eigenvalue weighted by Gasteiger charge is 2.39. The van der Waals surface area contributed by atoms with Crippen LogP contribution in [0.5, 0.6) is 0 Å². The van der Waals surface area contributed by atoms with Crippen LogP contribution in [0.15, 0.2) is 30.5 Å². The van der Waals surface area contributed by atoms with Crippen molar-refractivity contribution in [2.24, 2.45) is 0 Å². The van der Waals surface area contributed by atoms with Gasteiger partial charge in [0, 0.05) is 30.5 Å². The van der Waals surface area contributed by atoms with Gasteiger partial charge in [0.15, 0.2) is 0 Å². The molecule has 4 aliphatic rings. The number of nitrogens with one attached hydrogen (secondary N) is 1. The number of hydrogen-bond donors (Lipinski definition) is 1. The van der Waals surface area contributed by atoms with E-state index in [0.717, 1.165) is 37.1 Å². The van der Waals surface area contributed by atoms with Crippen molar-refractivity contribution in [3.63, 3.8) is 0 Å². The molecule has 2 bridgehead atoms. The topological polar surface area (TPSA) is 54.5 Å². The van der Waals surface area contributed by atoms with Crippen molar-refractivity contribution in [1.29, 1.82) is 0 Å². The molecule has 1 saturated carbocycles. The van der Waals surface area contributed by atoms with Gasteiger partial charge in [-0.1, -0.05) is 6.07 Å². The molecule has 6 rings (SSSR count). The second-order valence-corrected chi connectivity index (χ2v) is 7.94. The lowest BCUT2D eigenvalue weighted by atomic mass is 9.66. The van der Waals surface area contributed by atoms with Crippen molar-refractivity contribution in [1.82, 2.24) is 9.88 Å². The molecular formula is C22H24FN3O2. The minimum Gasteiger partial charge on any atom is -0.378 e. The highest BCUT2D eigenvalue weighted by Crippen LogP contribution is 2.52. The Kier molecular flexibility index (Phi) is 4.51. The highest BCUT2D eigenvalue weighted by molar-refractivity contribution is 5.97. The average Bonchev–Trinajstić information content (AvgIpc) is 2.75. The Morgan fingerprint density at radius 2 is 1.82 bits per heavy atom. The molecular weight excluding hydrogens is 357 g/mol. The van der Waals surface area contributed by atoms with Crippen molar-refractivity contribution in [3.8, 4) is 0 Å². The summed E-state index contributed by atoms with van der Waals surface area (Å²) < 4.78 is 19.0. The Morgan fingerprint density at radius 1 is 1.11 bits per heavy atom. The minimum absolute atomic E-state index is 0.0666. The van der Waals surface area contributed by atoms with E-state index in [4.69, 9.17) is 4.74 Å². The molecule has 2 heterocycles. The predicted molar refractivity (Wildman–Crippen MR) is 105 cm³/mol. The number of rotatable bonds is 3. The van der Waals surface area contributed by atoms with Crippen LogP contribution in [-0.4, -0.2) is 42.1 Å². The Balaban J connectivity index is 1.55. The van der Waals surface area contributed by atoms with Gasteiger partial charge in [0.2, 0.25) is 0 Å². The van der Waals surface area contributed by atoms with E-state index in [1.165, 1.54) is 23.3 Å². The minimum atomic E-state index is -0.278. The van der Waals surface area contributed by atoms with Gasteiger partial charge in [0.1, 0.15) is 11.6 Å². The fourth-order valence-electron chi connectivity index (χ4n) is 4.97. The number of pyridine rings is 1. The first-order valence-corrected chi connectivity index (χ1v) is 10.1. The van der Waals surface area contributed by atoms with E-state index in [9.17, 15) is 9.18 Å². The number of anilines is 2. The first-order chi connectivity index (χ1) is 13.7. The molecule has 0 radical (unpaired) electrons. The second-order valence-electron chi connectivity index (χ2n) is 7.94. The van der Waals surface area contributed by atoms with E-state index >= 15 is 0 Å². The van der Waals surface area contributed by atoms with Crippen LogP contribution in [-0.2, 0) is 4.74 Å². The molecule has 0 spiro atoms. The maximum absolute atomic E-state index is 13.6. The van der Waals surface area contributed by atoms with Gasteiger partial charge < -0.3 is 15.0 Å². The molecule has 1 aliphatic heterocycles. The molecule has 6 heteroatoms. The number of ether oxygens (including phenoxy) is 1. The Labute approximate surface area is 163 Å². The van der Waals surface area contributed by atoms with Crippen LogP contribution < -0.4 is 5.32 Å². The Bertz CT molecular complexity index is 903. The molecule has 1 amide bonds. The number of hydrogen-bond acceptors (Lipinski definition) is 4. The van der Waals surface area contributed by atoms with Crippen LogP contribution in [0.2, 0.25) is 0 Å². The number of benzene rings is 1. The maximum atomic E-state index is 13.6. The van der Waals surface area contributed by atoms with Gasteiger partial charge in [-0.3, -0.25) is 4.79 Å². The third-order valence-corrected chi connectivity index (χ3v) is 6.32. The summed E-state index contributed by atoms with van der Waals surface area (Å²) in [6.07, 6.45) is 6.24. The average molecular weight is 381 g/mol. The van der Waals surface area contributed by atoms with Crippen molar-refractivity contribution < 1.29 is 13.9 Å².